The van der Waals surface area contributed by atoms with Crippen molar-refractivity contribution in [3.05, 3.63) is 0 Å². The minimum absolute atomic E-state index is 0.165. The number of unbranched alkanes of at least 4 members (excludes halogenated alkanes) is 16. The molecule has 0 rings (SSSR count). The molecule has 0 heterocycles. The number of carbonyl (C=O) groups excluding carboxylic acids is 1. The molecule has 0 bridgehead atoms. The molecule has 0 aliphatic heterocycles. The molecule has 0 aromatic carbocycles. The maximum Gasteiger partial charge on any atom is 0.327 e. The number of rotatable bonds is 24. The topological polar surface area (TPSA) is 75.6 Å². The van der Waals surface area contributed by atoms with E-state index in [4.69, 9.17) is 4.52 Å². The van der Waals surface area contributed by atoms with Crippen molar-refractivity contribution < 1.29 is 18.8 Å². The highest BCUT2D eigenvalue weighted by Crippen LogP contribution is 2.41. The van der Waals surface area contributed by atoms with E-state index >= 15 is 0 Å². The number of hydrogen-bond donors (Lipinski definition) is 2. The lowest BCUT2D eigenvalue weighted by atomic mass is 10.0. The molecule has 0 aliphatic rings. The highest BCUT2D eigenvalue weighted by atomic mass is 31.2. The minimum Gasteiger partial charge on any atom is -0.356 e. The van der Waals surface area contributed by atoms with Crippen LogP contribution in [-0.4, -0.2) is 30.1 Å². The normalized spacial score (nSPS) is 13.3. The van der Waals surface area contributed by atoms with Gasteiger partial charge in [-0.2, -0.15) is 0 Å². The highest BCUT2D eigenvalue weighted by molar-refractivity contribution is 7.52. The van der Waals surface area contributed by atoms with Crippen LogP contribution in [0.5, 0.6) is 0 Å². The molecule has 1 amide bonds. The smallest absolute Gasteiger partial charge is 0.327 e. The van der Waals surface area contributed by atoms with Crippen LogP contribution in [0.25, 0.3) is 0 Å². The standard InChI is InChI=1S/C25H52NO4P/c1-3-5-6-7-8-9-10-11-12-13-14-15-16-19-22-25(27)26-23-20-17-18-21-24-30-31(28,29)4-2/h3-24H2,1-2H3,(H,26,27)(H,28,29). The van der Waals surface area contributed by atoms with Crippen LogP contribution in [0.15, 0.2) is 0 Å². The third-order valence-electron chi connectivity index (χ3n) is 5.84. The van der Waals surface area contributed by atoms with Gasteiger partial charge in [-0.3, -0.25) is 9.36 Å². The van der Waals surface area contributed by atoms with Gasteiger partial charge >= 0.3 is 7.60 Å². The summed E-state index contributed by atoms with van der Waals surface area (Å²) in [6.45, 7) is 4.99. The van der Waals surface area contributed by atoms with E-state index in [1.54, 1.807) is 6.92 Å². The molecule has 1 atom stereocenters. The number of amides is 1. The molecule has 0 spiro atoms. The Balaban J connectivity index is 3.22. The van der Waals surface area contributed by atoms with Crippen LogP contribution in [0.3, 0.4) is 0 Å². The molecule has 0 saturated carbocycles. The predicted octanol–water partition coefficient (Wildman–Crippen LogP) is 7.76. The summed E-state index contributed by atoms with van der Waals surface area (Å²) in [6, 6.07) is 0. The molecule has 5 nitrogen and oxygen atoms in total. The van der Waals surface area contributed by atoms with Gasteiger partial charge in [0.15, 0.2) is 0 Å². The van der Waals surface area contributed by atoms with Gasteiger partial charge in [0.05, 0.1) is 6.61 Å². The van der Waals surface area contributed by atoms with Gasteiger partial charge in [0.2, 0.25) is 5.91 Å². The summed E-state index contributed by atoms with van der Waals surface area (Å²) in [4.78, 5) is 21.2. The number of hydrogen-bond acceptors (Lipinski definition) is 3. The zero-order valence-electron chi connectivity index (χ0n) is 20.7. The lowest BCUT2D eigenvalue weighted by Gasteiger charge is -2.09. The van der Waals surface area contributed by atoms with Crippen LogP contribution in [0.1, 0.15) is 136 Å². The van der Waals surface area contributed by atoms with Crippen LogP contribution in [0, 0.1) is 0 Å². The summed E-state index contributed by atoms with van der Waals surface area (Å²) in [6.07, 6.45) is 23.2. The molecule has 0 aliphatic carbocycles. The first-order valence-corrected chi connectivity index (χ1v) is 15.0. The number of carbonyl (C=O) groups is 1. The molecule has 31 heavy (non-hydrogen) atoms. The van der Waals surface area contributed by atoms with E-state index < -0.39 is 7.60 Å². The molecule has 0 aromatic rings. The summed E-state index contributed by atoms with van der Waals surface area (Å²) in [5.41, 5.74) is 0. The summed E-state index contributed by atoms with van der Waals surface area (Å²) >= 11 is 0. The van der Waals surface area contributed by atoms with Gasteiger partial charge < -0.3 is 14.7 Å². The minimum atomic E-state index is -3.34. The zero-order valence-corrected chi connectivity index (χ0v) is 21.6. The van der Waals surface area contributed by atoms with Gasteiger partial charge in [0.1, 0.15) is 0 Å². The Morgan fingerprint density at radius 3 is 1.68 bits per heavy atom. The second-order valence-electron chi connectivity index (χ2n) is 8.90. The van der Waals surface area contributed by atoms with Crippen LogP contribution in [-0.2, 0) is 13.9 Å². The van der Waals surface area contributed by atoms with E-state index in [1.807, 2.05) is 0 Å². The van der Waals surface area contributed by atoms with Gasteiger partial charge in [-0.25, -0.2) is 0 Å². The molecule has 0 radical (unpaired) electrons. The van der Waals surface area contributed by atoms with Gasteiger partial charge in [0, 0.05) is 19.1 Å². The fourth-order valence-corrected chi connectivity index (χ4v) is 4.27. The summed E-state index contributed by atoms with van der Waals surface area (Å²) in [5.74, 6) is 0.173. The monoisotopic (exact) mass is 461 g/mol. The van der Waals surface area contributed by atoms with Crippen molar-refractivity contribution in [2.75, 3.05) is 19.3 Å². The van der Waals surface area contributed by atoms with Crippen LogP contribution < -0.4 is 5.32 Å². The first-order chi connectivity index (χ1) is 15.0. The Morgan fingerprint density at radius 2 is 1.16 bits per heavy atom. The van der Waals surface area contributed by atoms with Crippen LogP contribution in [0.4, 0.5) is 0 Å². The predicted molar refractivity (Wildman–Crippen MR) is 133 cm³/mol. The molecule has 186 valence electrons. The molecular formula is C25H52NO4P. The third kappa shape index (κ3) is 24.1. The molecule has 0 aromatic heterocycles. The first kappa shape index (κ1) is 30.6. The summed E-state index contributed by atoms with van der Waals surface area (Å²) in [5, 5.41) is 3.00. The average molecular weight is 462 g/mol. The molecule has 0 saturated heterocycles. The van der Waals surface area contributed by atoms with Crippen molar-refractivity contribution in [2.24, 2.45) is 0 Å². The van der Waals surface area contributed by atoms with E-state index in [0.29, 0.717) is 13.0 Å². The molecule has 1 unspecified atom stereocenters. The van der Waals surface area contributed by atoms with Crippen molar-refractivity contribution in [2.45, 2.75) is 136 Å². The van der Waals surface area contributed by atoms with Gasteiger partial charge in [-0.15, -0.1) is 0 Å². The lowest BCUT2D eigenvalue weighted by molar-refractivity contribution is -0.121. The fraction of sp³-hybridized carbons (Fsp3) is 0.960. The second-order valence-corrected chi connectivity index (χ2v) is 11.1. The second kappa shape index (κ2) is 22.8. The van der Waals surface area contributed by atoms with Crippen LogP contribution >= 0.6 is 7.60 Å². The van der Waals surface area contributed by atoms with E-state index in [9.17, 15) is 14.3 Å². The van der Waals surface area contributed by atoms with Gasteiger partial charge in [0.25, 0.3) is 0 Å². The SMILES string of the molecule is CCCCCCCCCCCCCCCCC(=O)NCCCCCCOP(=O)(O)CC. The number of nitrogens with one attached hydrogen (secondary N) is 1. The van der Waals surface area contributed by atoms with E-state index in [0.717, 1.165) is 45.1 Å². The van der Waals surface area contributed by atoms with E-state index in [2.05, 4.69) is 12.2 Å². The van der Waals surface area contributed by atoms with Crippen molar-refractivity contribution in [1.29, 1.82) is 0 Å². The van der Waals surface area contributed by atoms with Crippen molar-refractivity contribution in [1.82, 2.24) is 5.32 Å². The third-order valence-corrected chi connectivity index (χ3v) is 7.23. The van der Waals surface area contributed by atoms with E-state index in [-0.39, 0.29) is 12.1 Å². The van der Waals surface area contributed by atoms with E-state index in [1.165, 1.54) is 77.0 Å². The lowest BCUT2D eigenvalue weighted by Crippen LogP contribution is -2.23. The van der Waals surface area contributed by atoms with Crippen molar-refractivity contribution in [3.63, 3.8) is 0 Å². The summed E-state index contributed by atoms with van der Waals surface area (Å²) < 4.78 is 16.3. The maximum atomic E-state index is 11.9. The Kier molecular flexibility index (Phi) is 22.5. The molecule has 0 fully saturated rings. The Labute approximate surface area is 193 Å². The van der Waals surface area contributed by atoms with Gasteiger partial charge in [-0.1, -0.05) is 110 Å². The van der Waals surface area contributed by atoms with Crippen molar-refractivity contribution in [3.8, 4) is 0 Å². The Bertz CT molecular complexity index is 445. The van der Waals surface area contributed by atoms with Gasteiger partial charge in [-0.05, 0) is 19.3 Å². The quantitative estimate of drug-likeness (QED) is 0.114. The van der Waals surface area contributed by atoms with Crippen LogP contribution in [0.2, 0.25) is 0 Å². The molecular weight excluding hydrogens is 409 g/mol. The van der Waals surface area contributed by atoms with Crippen molar-refractivity contribution >= 4 is 13.5 Å². The molecule has 2 N–H and O–H groups in total. The molecule has 6 heteroatoms. The maximum absolute atomic E-state index is 11.9. The Hall–Kier alpha value is -0.380. The largest absolute Gasteiger partial charge is 0.356 e. The fourth-order valence-electron chi connectivity index (χ4n) is 3.68. The zero-order chi connectivity index (χ0) is 23.0. The first-order valence-electron chi connectivity index (χ1n) is 13.2. The Morgan fingerprint density at radius 1 is 0.710 bits per heavy atom. The highest BCUT2D eigenvalue weighted by Gasteiger charge is 2.14. The average Bonchev–Trinajstić information content (AvgIpc) is 2.75. The summed E-state index contributed by atoms with van der Waals surface area (Å²) in [7, 11) is -3.34.